The van der Waals surface area contributed by atoms with Crippen LogP contribution in [0, 0.1) is 0 Å². The van der Waals surface area contributed by atoms with E-state index in [2.05, 4.69) is 11.7 Å². The third-order valence-electron chi connectivity index (χ3n) is 4.10. The molecule has 0 saturated carbocycles. The van der Waals surface area contributed by atoms with Crippen molar-refractivity contribution in [2.24, 2.45) is 0 Å². The Kier molecular flexibility index (Phi) is 9.80. The van der Waals surface area contributed by atoms with Crippen LogP contribution in [0.25, 0.3) is 0 Å². The van der Waals surface area contributed by atoms with Crippen LogP contribution < -0.4 is 0 Å². The predicted octanol–water partition coefficient (Wildman–Crippen LogP) is 4.06. The van der Waals surface area contributed by atoms with Crippen molar-refractivity contribution >= 4 is 11.8 Å². The maximum Gasteiger partial charge on any atom is 0.333 e. The predicted molar refractivity (Wildman–Crippen MR) is 86.3 cm³/mol. The fourth-order valence-electron chi connectivity index (χ4n) is 2.68. The number of hydrogen-bond acceptors (Lipinski definition) is 4. The van der Waals surface area contributed by atoms with E-state index in [1.165, 1.54) is 51.0 Å². The number of cyclic esters (lactones) is 1. The Morgan fingerprint density at radius 1 is 1.05 bits per heavy atom. The summed E-state index contributed by atoms with van der Waals surface area (Å²) in [6.07, 6.45) is 12.7. The summed E-state index contributed by atoms with van der Waals surface area (Å²) in [4.78, 5) is 22.7. The van der Waals surface area contributed by atoms with E-state index in [9.17, 15) is 14.7 Å². The SMILES string of the molecule is CCCCCCCCCCCC(=O)CCC1=CC(=O)OC1O. The highest BCUT2D eigenvalue weighted by Gasteiger charge is 2.23. The molecule has 0 radical (unpaired) electrons. The molecule has 0 aromatic rings. The van der Waals surface area contributed by atoms with E-state index in [1.54, 1.807) is 0 Å². The molecule has 0 amide bonds. The molecular weight excluding hydrogens is 280 g/mol. The van der Waals surface area contributed by atoms with Gasteiger partial charge in [-0.15, -0.1) is 0 Å². The van der Waals surface area contributed by atoms with Gasteiger partial charge in [-0.3, -0.25) is 4.79 Å². The van der Waals surface area contributed by atoms with Crippen LogP contribution in [-0.4, -0.2) is 23.1 Å². The number of ketones is 1. The third-order valence-corrected chi connectivity index (χ3v) is 4.10. The molecule has 4 heteroatoms. The number of esters is 1. The molecule has 0 aliphatic carbocycles. The molecule has 1 aliphatic rings. The van der Waals surface area contributed by atoms with Crippen molar-refractivity contribution in [3.05, 3.63) is 11.6 Å². The molecule has 0 spiro atoms. The van der Waals surface area contributed by atoms with Gasteiger partial charge in [0.05, 0.1) is 0 Å². The zero-order chi connectivity index (χ0) is 16.2. The topological polar surface area (TPSA) is 63.6 Å². The minimum atomic E-state index is -1.15. The summed E-state index contributed by atoms with van der Waals surface area (Å²) >= 11 is 0. The molecule has 22 heavy (non-hydrogen) atoms. The zero-order valence-electron chi connectivity index (χ0n) is 13.8. The van der Waals surface area contributed by atoms with Crippen LogP contribution in [0.2, 0.25) is 0 Å². The Labute approximate surface area is 133 Å². The van der Waals surface area contributed by atoms with Crippen molar-refractivity contribution in [3.8, 4) is 0 Å². The van der Waals surface area contributed by atoms with Crippen molar-refractivity contribution in [3.63, 3.8) is 0 Å². The average Bonchev–Trinajstić information content (AvgIpc) is 2.81. The van der Waals surface area contributed by atoms with Gasteiger partial charge in [0.2, 0.25) is 6.29 Å². The van der Waals surface area contributed by atoms with Gasteiger partial charge in [-0.05, 0) is 12.8 Å². The largest absolute Gasteiger partial charge is 0.429 e. The maximum absolute atomic E-state index is 11.8. The summed E-state index contributed by atoms with van der Waals surface area (Å²) in [6, 6.07) is 0. The molecule has 0 bridgehead atoms. The lowest BCUT2D eigenvalue weighted by atomic mass is 10.0. The Morgan fingerprint density at radius 2 is 1.64 bits per heavy atom. The highest BCUT2D eigenvalue weighted by atomic mass is 16.6. The van der Waals surface area contributed by atoms with Gasteiger partial charge in [-0.25, -0.2) is 4.79 Å². The number of aliphatic hydroxyl groups excluding tert-OH is 1. The summed E-state index contributed by atoms with van der Waals surface area (Å²) in [7, 11) is 0. The van der Waals surface area contributed by atoms with Crippen LogP contribution in [0.3, 0.4) is 0 Å². The molecule has 1 atom stereocenters. The number of aliphatic hydroxyl groups is 1. The molecule has 1 heterocycles. The van der Waals surface area contributed by atoms with Gasteiger partial charge in [0.25, 0.3) is 0 Å². The van der Waals surface area contributed by atoms with Crippen LogP contribution in [0.15, 0.2) is 11.6 Å². The first-order valence-electron chi connectivity index (χ1n) is 8.74. The number of carbonyl (C=O) groups is 2. The van der Waals surface area contributed by atoms with Crippen molar-refractivity contribution in [2.75, 3.05) is 0 Å². The Bertz CT molecular complexity index is 373. The van der Waals surface area contributed by atoms with Crippen LogP contribution in [-0.2, 0) is 14.3 Å². The minimum absolute atomic E-state index is 0.204. The first-order chi connectivity index (χ1) is 10.6. The quantitative estimate of drug-likeness (QED) is 0.411. The Balaban J connectivity index is 1.93. The van der Waals surface area contributed by atoms with Crippen molar-refractivity contribution in [1.29, 1.82) is 0 Å². The Hall–Kier alpha value is -1.16. The van der Waals surface area contributed by atoms with Gasteiger partial charge in [-0.2, -0.15) is 0 Å². The number of carbonyl (C=O) groups excluding carboxylic acids is 2. The molecule has 1 aliphatic heterocycles. The van der Waals surface area contributed by atoms with Crippen LogP contribution in [0.5, 0.6) is 0 Å². The van der Waals surface area contributed by atoms with Crippen LogP contribution >= 0.6 is 0 Å². The molecule has 1 N–H and O–H groups in total. The van der Waals surface area contributed by atoms with E-state index in [-0.39, 0.29) is 5.78 Å². The third kappa shape index (κ3) is 8.32. The van der Waals surface area contributed by atoms with Crippen molar-refractivity contribution < 1.29 is 19.4 Å². The van der Waals surface area contributed by atoms with E-state index in [1.807, 2.05) is 0 Å². The van der Waals surface area contributed by atoms with Crippen LogP contribution in [0.1, 0.15) is 84.0 Å². The monoisotopic (exact) mass is 310 g/mol. The van der Waals surface area contributed by atoms with E-state index in [0.717, 1.165) is 12.8 Å². The molecule has 0 aromatic heterocycles. The van der Waals surface area contributed by atoms with E-state index in [0.29, 0.717) is 24.8 Å². The summed E-state index contributed by atoms with van der Waals surface area (Å²) < 4.78 is 4.58. The Morgan fingerprint density at radius 3 is 2.18 bits per heavy atom. The lowest BCUT2D eigenvalue weighted by molar-refractivity contribution is -0.151. The zero-order valence-corrected chi connectivity index (χ0v) is 13.8. The summed E-state index contributed by atoms with van der Waals surface area (Å²) in [5.41, 5.74) is 0.519. The molecular formula is C18H30O4. The fourth-order valence-corrected chi connectivity index (χ4v) is 2.68. The lowest BCUT2D eigenvalue weighted by Crippen LogP contribution is -2.11. The minimum Gasteiger partial charge on any atom is -0.429 e. The van der Waals surface area contributed by atoms with Gasteiger partial charge in [0.15, 0.2) is 0 Å². The second-order valence-electron chi connectivity index (χ2n) is 6.13. The molecule has 1 rings (SSSR count). The number of rotatable bonds is 13. The van der Waals surface area contributed by atoms with Gasteiger partial charge in [0.1, 0.15) is 5.78 Å². The van der Waals surface area contributed by atoms with E-state index >= 15 is 0 Å². The number of ether oxygens (including phenoxy) is 1. The molecule has 1 unspecified atom stereocenters. The standard InChI is InChI=1S/C18H30O4/c1-2-3-4-5-6-7-8-9-10-11-16(19)13-12-15-14-17(20)22-18(15)21/h14,18,21H,2-13H2,1H3. The maximum atomic E-state index is 11.8. The summed E-state index contributed by atoms with van der Waals surface area (Å²) in [6.45, 7) is 2.23. The number of unbranched alkanes of at least 4 members (excludes halogenated alkanes) is 8. The second kappa shape index (κ2) is 11.4. The van der Waals surface area contributed by atoms with Gasteiger partial charge in [0, 0.05) is 24.5 Å². The van der Waals surface area contributed by atoms with Gasteiger partial charge >= 0.3 is 5.97 Å². The summed E-state index contributed by atoms with van der Waals surface area (Å²) in [5.74, 6) is -0.315. The first-order valence-corrected chi connectivity index (χ1v) is 8.74. The highest BCUT2D eigenvalue weighted by Crippen LogP contribution is 2.19. The first kappa shape index (κ1) is 18.9. The highest BCUT2D eigenvalue weighted by molar-refractivity contribution is 5.86. The number of hydrogen-bond donors (Lipinski definition) is 1. The second-order valence-corrected chi connectivity index (χ2v) is 6.13. The van der Waals surface area contributed by atoms with Gasteiger partial charge in [-0.1, -0.05) is 58.3 Å². The normalized spacial score (nSPS) is 17.5. The molecule has 0 saturated heterocycles. The average molecular weight is 310 g/mol. The van der Waals surface area contributed by atoms with Crippen molar-refractivity contribution in [2.45, 2.75) is 90.3 Å². The number of Topliss-reactive ketones (excluding diaryl/α,β-unsaturated/α-hetero) is 1. The molecule has 4 nitrogen and oxygen atoms in total. The molecule has 126 valence electrons. The molecule has 0 aromatic carbocycles. The van der Waals surface area contributed by atoms with E-state index in [4.69, 9.17) is 0 Å². The smallest absolute Gasteiger partial charge is 0.333 e. The molecule has 0 fully saturated rings. The van der Waals surface area contributed by atoms with Crippen molar-refractivity contribution in [1.82, 2.24) is 0 Å². The van der Waals surface area contributed by atoms with Crippen LogP contribution in [0.4, 0.5) is 0 Å². The fraction of sp³-hybridized carbons (Fsp3) is 0.778. The van der Waals surface area contributed by atoms with Gasteiger partial charge < -0.3 is 9.84 Å². The lowest BCUT2D eigenvalue weighted by Gasteiger charge is -2.06. The van der Waals surface area contributed by atoms with E-state index < -0.39 is 12.3 Å². The summed E-state index contributed by atoms with van der Waals surface area (Å²) in [5, 5.41) is 9.40.